The monoisotopic (exact) mass is 303 g/mol. The zero-order valence-corrected chi connectivity index (χ0v) is 11.5. The normalized spacial score (nSPS) is 10.6. The second-order valence-corrected chi connectivity index (χ2v) is 6.19. The molecule has 0 aliphatic heterocycles. The van der Waals surface area contributed by atoms with E-state index in [9.17, 15) is 0 Å². The van der Waals surface area contributed by atoms with Gasteiger partial charge in [-0.05, 0) is 0 Å². The van der Waals surface area contributed by atoms with Gasteiger partial charge >= 0.3 is 95.8 Å². The summed E-state index contributed by atoms with van der Waals surface area (Å²) in [4.78, 5) is 0. The molecule has 0 saturated carbocycles. The molecule has 0 saturated heterocycles. The molecule has 5 heteroatoms. The van der Waals surface area contributed by atoms with Gasteiger partial charge in [0, 0.05) is 0 Å². The summed E-state index contributed by atoms with van der Waals surface area (Å²) in [5.41, 5.74) is 0. The Bertz CT molecular complexity index is 216. The Balaban J connectivity index is 1.85. The molecular weight excluding hydrogens is 285 g/mol. The summed E-state index contributed by atoms with van der Waals surface area (Å²) >= 11 is -0.484. The van der Waals surface area contributed by atoms with E-state index >= 15 is 0 Å². The summed E-state index contributed by atoms with van der Waals surface area (Å²) in [5.74, 6) is 0. The van der Waals surface area contributed by atoms with E-state index in [1.807, 2.05) is 10.9 Å². The van der Waals surface area contributed by atoms with Crippen molar-refractivity contribution in [2.75, 3.05) is 6.61 Å². The van der Waals surface area contributed by atoms with E-state index in [0.717, 1.165) is 19.6 Å². The molecule has 1 heterocycles. The summed E-state index contributed by atoms with van der Waals surface area (Å²) < 4.78 is 8.84. The minimum atomic E-state index is -0.484. The van der Waals surface area contributed by atoms with Gasteiger partial charge in [0.1, 0.15) is 0 Å². The Morgan fingerprint density at radius 3 is 3.07 bits per heavy atom. The molecule has 0 N–H and O–H groups in total. The molecule has 2 radical (unpaired) electrons. The molecule has 14 heavy (non-hydrogen) atoms. The van der Waals surface area contributed by atoms with Gasteiger partial charge in [-0.2, -0.15) is 0 Å². The van der Waals surface area contributed by atoms with E-state index in [0.29, 0.717) is 0 Å². The Morgan fingerprint density at radius 1 is 1.43 bits per heavy atom. The van der Waals surface area contributed by atoms with Gasteiger partial charge in [0.05, 0.1) is 0 Å². The van der Waals surface area contributed by atoms with Crippen molar-refractivity contribution in [2.45, 2.75) is 37.2 Å². The topological polar surface area (TPSA) is 39.9 Å². The summed E-state index contributed by atoms with van der Waals surface area (Å²) in [6.07, 6.45) is 7.28. The zero-order chi connectivity index (χ0) is 10.1. The standard InChI is InChI=1S/C5H8N3O.C4H9.Sn/c9-5-1-3-8-4-2-6-7-8;1-3-4-2;/h2,4H,1,3,5H2;1,3-4H2,2H3;/q-1;;+1. The van der Waals surface area contributed by atoms with Crippen molar-refractivity contribution < 1.29 is 3.07 Å². The maximum absolute atomic E-state index is 5.64. The van der Waals surface area contributed by atoms with E-state index in [-0.39, 0.29) is 0 Å². The molecule has 78 valence electrons. The van der Waals surface area contributed by atoms with Crippen LogP contribution in [0.15, 0.2) is 12.4 Å². The molecule has 1 aromatic heterocycles. The first-order chi connectivity index (χ1) is 6.93. The van der Waals surface area contributed by atoms with E-state index < -0.39 is 21.6 Å². The summed E-state index contributed by atoms with van der Waals surface area (Å²) in [6, 6.07) is 0. The van der Waals surface area contributed by atoms with Gasteiger partial charge in [-0.3, -0.25) is 0 Å². The van der Waals surface area contributed by atoms with Crippen LogP contribution in [-0.4, -0.2) is 43.2 Å². The van der Waals surface area contributed by atoms with Crippen LogP contribution in [0.4, 0.5) is 0 Å². The molecule has 0 atom stereocenters. The summed E-state index contributed by atoms with van der Waals surface area (Å²) in [5, 5.41) is 7.63. The van der Waals surface area contributed by atoms with Crippen LogP contribution in [0.1, 0.15) is 26.2 Å². The summed E-state index contributed by atoms with van der Waals surface area (Å²) in [6.45, 7) is 4.05. The third kappa shape index (κ3) is 5.59. The molecule has 1 rings (SSSR count). The van der Waals surface area contributed by atoms with Gasteiger partial charge in [0.25, 0.3) is 0 Å². The van der Waals surface area contributed by atoms with Crippen molar-refractivity contribution in [1.82, 2.24) is 15.0 Å². The molecule has 0 aliphatic carbocycles. The van der Waals surface area contributed by atoms with Gasteiger partial charge in [-0.1, -0.05) is 0 Å². The van der Waals surface area contributed by atoms with Crippen LogP contribution in [0.3, 0.4) is 0 Å². The number of nitrogens with zero attached hydrogens (tertiary/aromatic N) is 3. The van der Waals surface area contributed by atoms with Crippen LogP contribution in [-0.2, 0) is 9.62 Å². The summed E-state index contributed by atoms with van der Waals surface area (Å²) in [7, 11) is 0. The van der Waals surface area contributed by atoms with Crippen molar-refractivity contribution in [3.63, 3.8) is 0 Å². The fraction of sp³-hybridized carbons (Fsp3) is 0.778. The first kappa shape index (κ1) is 12.0. The van der Waals surface area contributed by atoms with Gasteiger partial charge in [0.2, 0.25) is 0 Å². The van der Waals surface area contributed by atoms with Crippen molar-refractivity contribution in [2.24, 2.45) is 0 Å². The third-order valence-electron chi connectivity index (χ3n) is 1.84. The molecule has 4 nitrogen and oxygen atoms in total. The van der Waals surface area contributed by atoms with Crippen molar-refractivity contribution in [1.29, 1.82) is 0 Å². The SMILES string of the molecule is CCC[CH2][Sn][O]CCCn1ccnn1. The van der Waals surface area contributed by atoms with E-state index in [4.69, 9.17) is 3.07 Å². The Morgan fingerprint density at radius 2 is 2.36 bits per heavy atom. The van der Waals surface area contributed by atoms with Crippen LogP contribution in [0, 0.1) is 0 Å². The Hall–Kier alpha value is -0.101. The Labute approximate surface area is 95.8 Å². The van der Waals surface area contributed by atoms with E-state index in [1.54, 1.807) is 6.20 Å². The van der Waals surface area contributed by atoms with Gasteiger partial charge in [-0.25, -0.2) is 0 Å². The third-order valence-corrected chi connectivity index (χ3v) is 4.60. The predicted molar refractivity (Wildman–Crippen MR) is 56.1 cm³/mol. The van der Waals surface area contributed by atoms with Crippen molar-refractivity contribution in [3.8, 4) is 0 Å². The molecule has 0 bridgehead atoms. The van der Waals surface area contributed by atoms with Crippen LogP contribution in [0.5, 0.6) is 0 Å². The predicted octanol–water partition coefficient (Wildman–Crippen LogP) is 1.52. The molecule has 0 aliphatic rings. The van der Waals surface area contributed by atoms with Crippen LogP contribution in [0.25, 0.3) is 0 Å². The van der Waals surface area contributed by atoms with Gasteiger partial charge < -0.3 is 0 Å². The van der Waals surface area contributed by atoms with Gasteiger partial charge in [0.15, 0.2) is 0 Å². The number of aromatic nitrogens is 3. The van der Waals surface area contributed by atoms with E-state index in [2.05, 4.69) is 17.2 Å². The first-order valence-corrected chi connectivity index (χ1v) is 8.30. The molecule has 0 aromatic carbocycles. The molecular formula is C9H17N3OSn. The Kier molecular flexibility index (Phi) is 7.03. The van der Waals surface area contributed by atoms with Crippen molar-refractivity contribution in [3.05, 3.63) is 12.4 Å². The zero-order valence-electron chi connectivity index (χ0n) is 8.65. The second-order valence-electron chi connectivity index (χ2n) is 3.12. The van der Waals surface area contributed by atoms with Crippen LogP contribution >= 0.6 is 0 Å². The molecule has 0 spiro atoms. The van der Waals surface area contributed by atoms with E-state index in [1.165, 1.54) is 17.3 Å². The number of hydrogen-bond donors (Lipinski definition) is 0. The fourth-order valence-electron chi connectivity index (χ4n) is 1.04. The number of aryl methyl sites for hydroxylation is 1. The molecule has 0 unspecified atom stereocenters. The van der Waals surface area contributed by atoms with Crippen LogP contribution < -0.4 is 0 Å². The quantitative estimate of drug-likeness (QED) is 0.540. The number of unbranched alkanes of at least 4 members (excludes halogenated alkanes) is 1. The van der Waals surface area contributed by atoms with Crippen molar-refractivity contribution >= 4 is 21.6 Å². The average Bonchev–Trinajstić information content (AvgIpc) is 2.69. The maximum atomic E-state index is 5.64. The van der Waals surface area contributed by atoms with Crippen LogP contribution in [0.2, 0.25) is 4.44 Å². The minimum absolute atomic E-state index is 0.484. The number of rotatable bonds is 8. The first-order valence-electron chi connectivity index (χ1n) is 5.12. The second kappa shape index (κ2) is 8.23. The fourth-order valence-corrected chi connectivity index (χ4v) is 3.70. The average molecular weight is 302 g/mol. The molecule has 1 aromatic rings. The number of hydrogen-bond acceptors (Lipinski definition) is 3. The molecule has 0 fully saturated rings. The van der Waals surface area contributed by atoms with Gasteiger partial charge in [-0.15, -0.1) is 0 Å². The molecule has 0 amide bonds.